The molecule has 0 aliphatic heterocycles. The average Bonchev–Trinajstić information content (AvgIpc) is 2.75. The smallest absolute Gasteiger partial charge is 0.138 e. The maximum Gasteiger partial charge on any atom is 0.138 e. The number of rotatable bonds is 3. The second-order valence-electron chi connectivity index (χ2n) is 5.19. The van der Waals surface area contributed by atoms with Crippen molar-refractivity contribution in [3.8, 4) is 5.82 Å². The molecule has 0 saturated carbocycles. The lowest BCUT2D eigenvalue weighted by atomic mass is 10.1. The standard InChI is InChI=1S/C13H17BrN4/c1-13(2,3)17-8-11-7-15-9-18(11)12-5-4-10(14)6-16-12/h4-7,9,17H,8H2,1-3H3. The lowest BCUT2D eigenvalue weighted by molar-refractivity contribution is 0.419. The summed E-state index contributed by atoms with van der Waals surface area (Å²) in [6.07, 6.45) is 5.44. The van der Waals surface area contributed by atoms with E-state index in [1.165, 1.54) is 0 Å². The predicted molar refractivity (Wildman–Crippen MR) is 75.7 cm³/mol. The largest absolute Gasteiger partial charge is 0.306 e. The van der Waals surface area contributed by atoms with Crippen LogP contribution in [0.1, 0.15) is 26.5 Å². The number of hydrogen-bond acceptors (Lipinski definition) is 3. The number of nitrogens with one attached hydrogen (secondary N) is 1. The van der Waals surface area contributed by atoms with Crippen molar-refractivity contribution in [2.24, 2.45) is 0 Å². The number of hydrogen-bond donors (Lipinski definition) is 1. The number of aromatic nitrogens is 3. The molecule has 0 aliphatic carbocycles. The van der Waals surface area contributed by atoms with Crippen molar-refractivity contribution >= 4 is 15.9 Å². The fraction of sp³-hybridized carbons (Fsp3) is 0.385. The zero-order valence-corrected chi connectivity index (χ0v) is 12.4. The summed E-state index contributed by atoms with van der Waals surface area (Å²) in [7, 11) is 0. The molecule has 2 heterocycles. The second-order valence-corrected chi connectivity index (χ2v) is 6.11. The highest BCUT2D eigenvalue weighted by Gasteiger charge is 2.11. The highest BCUT2D eigenvalue weighted by atomic mass is 79.9. The first kappa shape index (κ1) is 13.2. The van der Waals surface area contributed by atoms with Gasteiger partial charge in [-0.15, -0.1) is 0 Å². The van der Waals surface area contributed by atoms with Crippen LogP contribution in [-0.4, -0.2) is 20.1 Å². The minimum atomic E-state index is 0.0856. The van der Waals surface area contributed by atoms with Gasteiger partial charge in [0.25, 0.3) is 0 Å². The van der Waals surface area contributed by atoms with Gasteiger partial charge in [0, 0.05) is 29.0 Å². The van der Waals surface area contributed by atoms with Crippen molar-refractivity contribution in [2.45, 2.75) is 32.9 Å². The van der Waals surface area contributed by atoms with Crippen molar-refractivity contribution in [1.29, 1.82) is 0 Å². The molecule has 0 amide bonds. The molecule has 1 N–H and O–H groups in total. The molecule has 5 heteroatoms. The van der Waals surface area contributed by atoms with Gasteiger partial charge >= 0.3 is 0 Å². The summed E-state index contributed by atoms with van der Waals surface area (Å²) in [6, 6.07) is 3.94. The van der Waals surface area contributed by atoms with E-state index in [9.17, 15) is 0 Å². The van der Waals surface area contributed by atoms with Gasteiger partial charge in [-0.3, -0.25) is 4.57 Å². The van der Waals surface area contributed by atoms with Crippen LogP contribution in [0.15, 0.2) is 35.3 Å². The first-order valence-corrected chi connectivity index (χ1v) is 6.63. The van der Waals surface area contributed by atoms with Gasteiger partial charge in [-0.1, -0.05) is 0 Å². The molecule has 2 rings (SSSR count). The molecule has 2 aromatic rings. The summed E-state index contributed by atoms with van der Waals surface area (Å²) in [5.41, 5.74) is 1.18. The van der Waals surface area contributed by atoms with E-state index in [2.05, 4.69) is 52.0 Å². The molecule has 0 aliphatic rings. The summed E-state index contributed by atoms with van der Waals surface area (Å²) < 4.78 is 2.96. The highest BCUT2D eigenvalue weighted by molar-refractivity contribution is 9.10. The zero-order valence-electron chi connectivity index (χ0n) is 10.8. The van der Waals surface area contributed by atoms with Crippen molar-refractivity contribution in [1.82, 2.24) is 19.9 Å². The molecule has 4 nitrogen and oxygen atoms in total. The molecule has 0 bridgehead atoms. The van der Waals surface area contributed by atoms with Crippen LogP contribution in [0.4, 0.5) is 0 Å². The number of pyridine rings is 1. The molecule has 0 spiro atoms. The van der Waals surface area contributed by atoms with Crippen LogP contribution in [0.2, 0.25) is 0 Å². The Morgan fingerprint density at radius 1 is 1.28 bits per heavy atom. The topological polar surface area (TPSA) is 42.7 Å². The molecule has 18 heavy (non-hydrogen) atoms. The summed E-state index contributed by atoms with van der Waals surface area (Å²) in [5, 5.41) is 3.45. The van der Waals surface area contributed by atoms with E-state index in [4.69, 9.17) is 0 Å². The van der Waals surface area contributed by atoms with Crippen LogP contribution < -0.4 is 5.32 Å². The SMILES string of the molecule is CC(C)(C)NCc1cncn1-c1ccc(Br)cn1. The monoisotopic (exact) mass is 308 g/mol. The van der Waals surface area contributed by atoms with Gasteiger partial charge in [0.15, 0.2) is 0 Å². The molecule has 0 saturated heterocycles. The van der Waals surface area contributed by atoms with Crippen molar-refractivity contribution in [3.05, 3.63) is 41.0 Å². The van der Waals surface area contributed by atoms with E-state index in [1.54, 1.807) is 12.5 Å². The van der Waals surface area contributed by atoms with Crippen LogP contribution in [0.3, 0.4) is 0 Å². The summed E-state index contributed by atoms with van der Waals surface area (Å²) in [6.45, 7) is 7.20. The molecular weight excluding hydrogens is 292 g/mol. The first-order valence-electron chi connectivity index (χ1n) is 5.84. The van der Waals surface area contributed by atoms with E-state index >= 15 is 0 Å². The second kappa shape index (κ2) is 5.20. The number of nitrogens with zero attached hydrogens (tertiary/aromatic N) is 3. The van der Waals surface area contributed by atoms with Crippen LogP contribution in [0.25, 0.3) is 5.82 Å². The summed E-state index contributed by atoms with van der Waals surface area (Å²) in [5.74, 6) is 0.876. The van der Waals surface area contributed by atoms with Gasteiger partial charge in [-0.2, -0.15) is 0 Å². The Hall–Kier alpha value is -1.20. The van der Waals surface area contributed by atoms with E-state index in [1.807, 2.05) is 22.9 Å². The van der Waals surface area contributed by atoms with E-state index in [-0.39, 0.29) is 5.54 Å². The van der Waals surface area contributed by atoms with Crippen LogP contribution >= 0.6 is 15.9 Å². The lowest BCUT2D eigenvalue weighted by Gasteiger charge is -2.20. The maximum absolute atomic E-state index is 4.37. The zero-order chi connectivity index (χ0) is 13.2. The van der Waals surface area contributed by atoms with Crippen LogP contribution in [-0.2, 0) is 6.54 Å². The first-order chi connectivity index (χ1) is 8.46. The maximum atomic E-state index is 4.37. The Morgan fingerprint density at radius 2 is 2.06 bits per heavy atom. The highest BCUT2D eigenvalue weighted by Crippen LogP contribution is 2.13. The molecular formula is C13H17BrN4. The molecule has 0 atom stereocenters. The van der Waals surface area contributed by atoms with E-state index in [0.29, 0.717) is 0 Å². The summed E-state index contributed by atoms with van der Waals surface area (Å²) >= 11 is 3.38. The molecule has 0 aromatic carbocycles. The van der Waals surface area contributed by atoms with E-state index < -0.39 is 0 Å². The van der Waals surface area contributed by atoms with Gasteiger partial charge in [-0.25, -0.2) is 9.97 Å². The fourth-order valence-corrected chi connectivity index (χ4v) is 1.76. The number of halogens is 1. The Bertz CT molecular complexity index is 511. The molecule has 0 radical (unpaired) electrons. The molecule has 0 fully saturated rings. The van der Waals surface area contributed by atoms with Crippen LogP contribution in [0.5, 0.6) is 0 Å². The molecule has 96 valence electrons. The van der Waals surface area contributed by atoms with E-state index in [0.717, 1.165) is 22.5 Å². The fourth-order valence-electron chi connectivity index (χ4n) is 1.53. The van der Waals surface area contributed by atoms with Gasteiger partial charge in [0.05, 0.1) is 5.69 Å². The van der Waals surface area contributed by atoms with Crippen molar-refractivity contribution < 1.29 is 0 Å². The van der Waals surface area contributed by atoms with Crippen LogP contribution in [0, 0.1) is 0 Å². The molecule has 0 unspecified atom stereocenters. The van der Waals surface area contributed by atoms with Gasteiger partial charge in [0.1, 0.15) is 12.1 Å². The number of imidazole rings is 1. The lowest BCUT2D eigenvalue weighted by Crippen LogP contribution is -2.35. The van der Waals surface area contributed by atoms with Crippen molar-refractivity contribution in [2.75, 3.05) is 0 Å². The average molecular weight is 309 g/mol. The normalized spacial score (nSPS) is 11.8. The van der Waals surface area contributed by atoms with Gasteiger partial charge in [0.2, 0.25) is 0 Å². The third kappa shape index (κ3) is 3.40. The Morgan fingerprint density at radius 3 is 2.67 bits per heavy atom. The van der Waals surface area contributed by atoms with Crippen molar-refractivity contribution in [3.63, 3.8) is 0 Å². The van der Waals surface area contributed by atoms with Gasteiger partial charge < -0.3 is 5.32 Å². The third-order valence-corrected chi connectivity index (χ3v) is 2.94. The quantitative estimate of drug-likeness (QED) is 0.948. The minimum Gasteiger partial charge on any atom is -0.306 e. The predicted octanol–water partition coefficient (Wildman–Crippen LogP) is 2.92. The third-order valence-electron chi connectivity index (χ3n) is 2.47. The Balaban J connectivity index is 2.20. The Labute approximate surface area is 116 Å². The summed E-state index contributed by atoms with van der Waals surface area (Å²) in [4.78, 5) is 8.57. The Kier molecular flexibility index (Phi) is 3.82. The van der Waals surface area contributed by atoms with Gasteiger partial charge in [-0.05, 0) is 48.8 Å². The molecule has 2 aromatic heterocycles. The minimum absolute atomic E-state index is 0.0856.